The van der Waals surface area contributed by atoms with Crippen molar-refractivity contribution in [3.8, 4) is 0 Å². The number of aliphatic carboxylic acids is 1. The normalized spacial score (nSPS) is 11.9. The van der Waals surface area contributed by atoms with Crippen molar-refractivity contribution in [3.63, 3.8) is 0 Å². The fourth-order valence-corrected chi connectivity index (χ4v) is 2.55. The second-order valence-corrected chi connectivity index (χ2v) is 5.91. The molecule has 0 aliphatic heterocycles. The van der Waals surface area contributed by atoms with Crippen molar-refractivity contribution in [2.75, 3.05) is 5.32 Å². The molecule has 0 aliphatic carbocycles. The first kappa shape index (κ1) is 15.2. The van der Waals surface area contributed by atoms with Gasteiger partial charge in [-0.15, -0.1) is 0 Å². The molecule has 0 aliphatic rings. The number of carboxylic acid groups (broad SMARTS) is 1. The summed E-state index contributed by atoms with van der Waals surface area (Å²) in [6.45, 7) is 0. The predicted octanol–water partition coefficient (Wildman–Crippen LogP) is 4.99. The molecule has 0 radical (unpaired) electrons. The zero-order chi connectivity index (χ0) is 14.7. The van der Waals surface area contributed by atoms with E-state index < -0.39 is 12.0 Å². The van der Waals surface area contributed by atoms with Crippen LogP contribution in [0, 0.1) is 0 Å². The van der Waals surface area contributed by atoms with Gasteiger partial charge in [0.1, 0.15) is 0 Å². The molecule has 2 aromatic rings. The Balaban J connectivity index is 2.31. The van der Waals surface area contributed by atoms with Crippen LogP contribution in [0.15, 0.2) is 46.9 Å². The largest absolute Gasteiger partial charge is 0.479 e. The summed E-state index contributed by atoms with van der Waals surface area (Å²) in [5.41, 5.74) is 1.19. The van der Waals surface area contributed by atoms with Crippen molar-refractivity contribution in [1.82, 2.24) is 0 Å². The quantitative estimate of drug-likeness (QED) is 0.792. The predicted molar refractivity (Wildman–Crippen MR) is 84.6 cm³/mol. The smallest absolute Gasteiger partial charge is 0.330 e. The summed E-state index contributed by atoms with van der Waals surface area (Å²) in [5.74, 6) is -1.01. The lowest BCUT2D eigenvalue weighted by Crippen LogP contribution is -2.20. The molecular weight excluding hydrogens is 365 g/mol. The number of hydrogen-bond acceptors (Lipinski definition) is 2. The van der Waals surface area contributed by atoms with Crippen LogP contribution in [0.25, 0.3) is 0 Å². The van der Waals surface area contributed by atoms with E-state index in [0.29, 0.717) is 21.3 Å². The lowest BCUT2D eigenvalue weighted by molar-refractivity contribution is -0.138. The van der Waals surface area contributed by atoms with E-state index in [1.807, 2.05) is 12.1 Å². The fraction of sp³-hybridized carbons (Fsp3) is 0.0714. The molecule has 104 valence electrons. The average Bonchev–Trinajstić information content (AvgIpc) is 2.36. The first-order chi connectivity index (χ1) is 9.45. The highest BCUT2D eigenvalue weighted by atomic mass is 79.9. The van der Waals surface area contributed by atoms with Gasteiger partial charge < -0.3 is 10.4 Å². The number of benzene rings is 2. The number of hydrogen-bond donors (Lipinski definition) is 2. The maximum atomic E-state index is 11.4. The summed E-state index contributed by atoms with van der Waals surface area (Å²) < 4.78 is 0.917. The molecule has 0 aromatic heterocycles. The van der Waals surface area contributed by atoms with Gasteiger partial charge in [-0.2, -0.15) is 0 Å². The van der Waals surface area contributed by atoms with Gasteiger partial charge in [-0.3, -0.25) is 0 Å². The van der Waals surface area contributed by atoms with Crippen LogP contribution in [0.2, 0.25) is 10.0 Å². The van der Waals surface area contributed by atoms with E-state index in [1.165, 1.54) is 0 Å². The highest BCUT2D eigenvalue weighted by Gasteiger charge is 2.20. The van der Waals surface area contributed by atoms with Gasteiger partial charge in [0.25, 0.3) is 0 Å². The number of carboxylic acids is 1. The van der Waals surface area contributed by atoms with Crippen LogP contribution in [0.3, 0.4) is 0 Å². The third-order valence-corrected chi connectivity index (χ3v) is 3.59. The van der Waals surface area contributed by atoms with E-state index >= 15 is 0 Å². The second kappa shape index (κ2) is 6.48. The molecule has 3 nitrogen and oxygen atoms in total. The van der Waals surface area contributed by atoms with E-state index in [4.69, 9.17) is 23.2 Å². The van der Waals surface area contributed by atoms with Gasteiger partial charge in [0.15, 0.2) is 6.04 Å². The Morgan fingerprint density at radius 1 is 1.10 bits per heavy atom. The SMILES string of the molecule is O=C(O)C(Nc1ccc(Br)cc1)c1cc(Cl)cc(Cl)c1. The van der Waals surface area contributed by atoms with Crippen molar-refractivity contribution in [3.05, 3.63) is 62.5 Å². The maximum absolute atomic E-state index is 11.4. The third-order valence-electron chi connectivity index (χ3n) is 2.62. The van der Waals surface area contributed by atoms with E-state index in [0.717, 1.165) is 4.47 Å². The van der Waals surface area contributed by atoms with Crippen LogP contribution >= 0.6 is 39.1 Å². The van der Waals surface area contributed by atoms with Gasteiger partial charge in [-0.1, -0.05) is 39.1 Å². The van der Waals surface area contributed by atoms with Crippen LogP contribution in [-0.4, -0.2) is 11.1 Å². The molecule has 2 aromatic carbocycles. The molecule has 20 heavy (non-hydrogen) atoms. The monoisotopic (exact) mass is 373 g/mol. The standard InChI is InChI=1S/C14H10BrCl2NO2/c15-9-1-3-12(4-2-9)18-13(14(19)20)8-5-10(16)7-11(17)6-8/h1-7,13,18H,(H,19,20). The first-order valence-corrected chi connectivity index (χ1v) is 7.21. The van der Waals surface area contributed by atoms with E-state index in [-0.39, 0.29) is 0 Å². The lowest BCUT2D eigenvalue weighted by atomic mass is 10.1. The summed E-state index contributed by atoms with van der Waals surface area (Å²) >= 11 is 15.1. The van der Waals surface area contributed by atoms with Crippen molar-refractivity contribution in [2.24, 2.45) is 0 Å². The highest BCUT2D eigenvalue weighted by molar-refractivity contribution is 9.10. The summed E-state index contributed by atoms with van der Waals surface area (Å²) in [5, 5.41) is 13.1. The van der Waals surface area contributed by atoms with Crippen molar-refractivity contribution >= 4 is 50.8 Å². The van der Waals surface area contributed by atoms with E-state index in [9.17, 15) is 9.90 Å². The average molecular weight is 375 g/mol. The Morgan fingerprint density at radius 3 is 2.15 bits per heavy atom. The Labute approximate surface area is 134 Å². The Kier molecular flexibility index (Phi) is 4.91. The van der Waals surface area contributed by atoms with Crippen LogP contribution in [0.5, 0.6) is 0 Å². The van der Waals surface area contributed by atoms with Crippen molar-refractivity contribution in [1.29, 1.82) is 0 Å². The number of halogens is 3. The highest BCUT2D eigenvalue weighted by Crippen LogP contribution is 2.27. The Bertz CT molecular complexity index is 611. The molecule has 2 N–H and O–H groups in total. The summed E-state index contributed by atoms with van der Waals surface area (Å²) in [6.07, 6.45) is 0. The molecule has 0 saturated carbocycles. The van der Waals surface area contributed by atoms with Crippen LogP contribution < -0.4 is 5.32 Å². The molecule has 1 atom stereocenters. The number of nitrogens with one attached hydrogen (secondary N) is 1. The van der Waals surface area contributed by atoms with Gasteiger partial charge >= 0.3 is 5.97 Å². The zero-order valence-electron chi connectivity index (χ0n) is 10.1. The summed E-state index contributed by atoms with van der Waals surface area (Å²) in [6, 6.07) is 11.0. The van der Waals surface area contributed by atoms with Crippen LogP contribution in [0.1, 0.15) is 11.6 Å². The van der Waals surface area contributed by atoms with Crippen molar-refractivity contribution < 1.29 is 9.90 Å². The van der Waals surface area contributed by atoms with Gasteiger partial charge in [-0.25, -0.2) is 4.79 Å². The topological polar surface area (TPSA) is 49.3 Å². The third kappa shape index (κ3) is 3.88. The molecule has 0 fully saturated rings. The Morgan fingerprint density at radius 2 is 1.65 bits per heavy atom. The van der Waals surface area contributed by atoms with Crippen molar-refractivity contribution in [2.45, 2.75) is 6.04 Å². The molecule has 0 amide bonds. The van der Waals surface area contributed by atoms with E-state index in [2.05, 4.69) is 21.2 Å². The maximum Gasteiger partial charge on any atom is 0.330 e. The first-order valence-electron chi connectivity index (χ1n) is 5.66. The minimum atomic E-state index is -1.01. The minimum absolute atomic E-state index is 0.399. The Hall–Kier alpha value is -1.23. The lowest BCUT2D eigenvalue weighted by Gasteiger charge is -2.17. The van der Waals surface area contributed by atoms with Crippen LogP contribution in [-0.2, 0) is 4.79 Å². The van der Waals surface area contributed by atoms with Crippen LogP contribution in [0.4, 0.5) is 5.69 Å². The molecule has 0 heterocycles. The number of rotatable bonds is 4. The van der Waals surface area contributed by atoms with Gasteiger partial charge in [0, 0.05) is 20.2 Å². The summed E-state index contributed by atoms with van der Waals surface area (Å²) in [7, 11) is 0. The van der Waals surface area contributed by atoms with Gasteiger partial charge in [0.2, 0.25) is 0 Å². The number of carbonyl (C=O) groups is 1. The molecule has 6 heteroatoms. The minimum Gasteiger partial charge on any atom is -0.479 e. The molecule has 1 unspecified atom stereocenters. The molecule has 0 saturated heterocycles. The number of anilines is 1. The molecule has 2 rings (SSSR count). The summed E-state index contributed by atoms with van der Waals surface area (Å²) in [4.78, 5) is 11.4. The van der Waals surface area contributed by atoms with E-state index in [1.54, 1.807) is 30.3 Å². The molecule has 0 bridgehead atoms. The second-order valence-electron chi connectivity index (χ2n) is 4.13. The molecular formula is C14H10BrCl2NO2. The van der Waals surface area contributed by atoms with Gasteiger partial charge in [-0.05, 0) is 48.0 Å². The van der Waals surface area contributed by atoms with Gasteiger partial charge in [0.05, 0.1) is 0 Å². The zero-order valence-corrected chi connectivity index (χ0v) is 13.2. The fourth-order valence-electron chi connectivity index (χ4n) is 1.74. The molecule has 0 spiro atoms.